The molecule has 2 N–H and O–H groups in total. The number of hydrogen-bond donors (Lipinski definition) is 1. The van der Waals surface area contributed by atoms with E-state index in [-0.39, 0.29) is 17.0 Å². The van der Waals surface area contributed by atoms with Crippen LogP contribution in [0.2, 0.25) is 0 Å². The molecule has 0 bridgehead atoms. The van der Waals surface area contributed by atoms with Crippen molar-refractivity contribution >= 4 is 5.69 Å². The van der Waals surface area contributed by atoms with Crippen LogP contribution in [0.1, 0.15) is 5.69 Å². The zero-order chi connectivity index (χ0) is 9.97. The van der Waals surface area contributed by atoms with Gasteiger partial charge in [0.2, 0.25) is 5.69 Å². The molecule has 0 atom stereocenters. The first-order valence-electron chi connectivity index (χ1n) is 4.61. The molecule has 2 nitrogen and oxygen atoms in total. The van der Waals surface area contributed by atoms with Crippen LogP contribution in [0.15, 0.2) is 48.7 Å². The molecule has 0 aliphatic rings. The predicted octanol–water partition coefficient (Wildman–Crippen LogP) is -1.14. The second-order valence-corrected chi connectivity index (χ2v) is 3.27. The van der Waals surface area contributed by atoms with Crippen molar-refractivity contribution in [2.24, 2.45) is 0 Å². The van der Waals surface area contributed by atoms with Gasteiger partial charge in [-0.05, 0) is 6.07 Å². The van der Waals surface area contributed by atoms with Gasteiger partial charge in [-0.25, -0.2) is 0 Å². The summed E-state index contributed by atoms with van der Waals surface area (Å²) < 4.78 is 2.08. The third-order valence-corrected chi connectivity index (χ3v) is 2.26. The van der Waals surface area contributed by atoms with Crippen molar-refractivity contribution < 1.29 is 21.5 Å². The quantitative estimate of drug-likeness (QED) is 0.512. The van der Waals surface area contributed by atoms with Crippen LogP contribution in [-0.2, 0) is 0 Å². The molecule has 0 spiro atoms. The summed E-state index contributed by atoms with van der Waals surface area (Å²) in [5.41, 5.74) is 8.90. The van der Waals surface area contributed by atoms with Crippen molar-refractivity contribution in [3.8, 4) is 5.69 Å². The van der Waals surface area contributed by atoms with Crippen LogP contribution in [-0.4, -0.2) is 0 Å². The first-order chi connectivity index (χ1) is 6.79. The molecule has 0 saturated carbocycles. The van der Waals surface area contributed by atoms with Crippen LogP contribution in [0, 0.1) is 6.92 Å². The monoisotopic (exact) mass is 264 g/mol. The Balaban J connectivity index is 0.00000112. The van der Waals surface area contributed by atoms with E-state index in [1.165, 1.54) is 5.69 Å². The Morgan fingerprint density at radius 1 is 1.00 bits per heavy atom. The molecule has 0 unspecified atom stereocenters. The van der Waals surface area contributed by atoms with Crippen LogP contribution >= 0.6 is 0 Å². The van der Waals surface area contributed by atoms with Gasteiger partial charge in [-0.15, -0.1) is 0 Å². The maximum absolute atomic E-state index is 5.90. The van der Waals surface area contributed by atoms with E-state index in [1.54, 1.807) is 0 Å². The molecule has 1 heterocycles. The third kappa shape index (κ3) is 2.36. The van der Waals surface area contributed by atoms with Crippen LogP contribution in [0.5, 0.6) is 0 Å². The average molecular weight is 265 g/mol. The molecule has 0 fully saturated rings. The lowest BCUT2D eigenvalue weighted by molar-refractivity contribution is -0.601. The van der Waals surface area contributed by atoms with Crippen molar-refractivity contribution in [3.63, 3.8) is 0 Å². The summed E-state index contributed by atoms with van der Waals surface area (Å²) in [6.07, 6.45) is 2.01. The molecule has 0 aliphatic carbocycles. The number of halogens is 1. The zero-order valence-electron chi connectivity index (χ0n) is 8.52. The maximum atomic E-state index is 5.90. The van der Waals surface area contributed by atoms with E-state index < -0.39 is 0 Å². The summed E-state index contributed by atoms with van der Waals surface area (Å²) in [5.74, 6) is 0. The molecule has 0 aliphatic heterocycles. The summed E-state index contributed by atoms with van der Waals surface area (Å²) in [7, 11) is 0. The number of aryl methyl sites for hydroxylation is 1. The zero-order valence-corrected chi connectivity index (χ0v) is 10.1. The molecular weight excluding hydrogens is 252 g/mol. The van der Waals surface area contributed by atoms with Gasteiger partial charge in [0.25, 0.3) is 0 Å². The Morgan fingerprint density at radius 3 is 2.33 bits per heavy atom. The number of rotatable bonds is 1. The van der Waals surface area contributed by atoms with E-state index in [0.717, 1.165) is 11.4 Å². The standard InChI is InChI=1S/C12H13N2.BrH/c1-10-6-4-5-9-14(10)12-8-3-2-7-11(12)13;/h2-9H,13H2,1H3;1H/q+1;/p-1. The first-order valence-corrected chi connectivity index (χ1v) is 4.61. The summed E-state index contributed by atoms with van der Waals surface area (Å²) in [6.45, 7) is 2.06. The smallest absolute Gasteiger partial charge is 0.233 e. The number of hydrogen-bond acceptors (Lipinski definition) is 1. The number of nitrogens with two attached hydrogens (primary N) is 1. The van der Waals surface area contributed by atoms with E-state index in [1.807, 2.05) is 42.6 Å². The molecule has 0 amide bonds. The highest BCUT2D eigenvalue weighted by Gasteiger charge is 2.11. The number of para-hydroxylation sites is 2. The van der Waals surface area contributed by atoms with Gasteiger partial charge >= 0.3 is 0 Å². The molecule has 1 aromatic carbocycles. The van der Waals surface area contributed by atoms with Crippen molar-refractivity contribution in [1.82, 2.24) is 0 Å². The maximum Gasteiger partial charge on any atom is 0.233 e. The average Bonchev–Trinajstić information content (AvgIpc) is 2.20. The van der Waals surface area contributed by atoms with E-state index >= 15 is 0 Å². The largest absolute Gasteiger partial charge is 1.00 e. The minimum absolute atomic E-state index is 0. The minimum Gasteiger partial charge on any atom is -1.00 e. The highest BCUT2D eigenvalue weighted by Crippen LogP contribution is 2.10. The number of anilines is 1. The van der Waals surface area contributed by atoms with E-state index in [9.17, 15) is 0 Å². The molecule has 2 rings (SSSR count). The number of benzene rings is 1. The molecule has 2 aromatic rings. The van der Waals surface area contributed by atoms with Gasteiger partial charge < -0.3 is 22.7 Å². The van der Waals surface area contributed by atoms with Gasteiger partial charge in [-0.1, -0.05) is 18.2 Å². The number of pyridine rings is 1. The van der Waals surface area contributed by atoms with Gasteiger partial charge in [0.15, 0.2) is 11.9 Å². The summed E-state index contributed by atoms with van der Waals surface area (Å²) >= 11 is 0. The molecular formula is C12H13BrN2. The lowest BCUT2D eigenvalue weighted by Crippen LogP contribution is -3.00. The Labute approximate surface area is 100 Å². The fourth-order valence-electron chi connectivity index (χ4n) is 1.51. The molecule has 15 heavy (non-hydrogen) atoms. The van der Waals surface area contributed by atoms with Gasteiger partial charge in [0.1, 0.15) is 5.69 Å². The SMILES string of the molecule is Cc1cccc[n+]1-c1ccccc1N.[Br-]. The van der Waals surface area contributed by atoms with Crippen LogP contribution < -0.4 is 27.3 Å². The third-order valence-electron chi connectivity index (χ3n) is 2.26. The topological polar surface area (TPSA) is 29.9 Å². The molecule has 3 heteroatoms. The molecule has 78 valence electrons. The second-order valence-electron chi connectivity index (χ2n) is 3.27. The van der Waals surface area contributed by atoms with Crippen molar-refractivity contribution in [1.29, 1.82) is 0 Å². The number of aromatic nitrogens is 1. The molecule has 1 aromatic heterocycles. The van der Waals surface area contributed by atoms with E-state index in [0.29, 0.717) is 0 Å². The van der Waals surface area contributed by atoms with Crippen molar-refractivity contribution in [2.75, 3.05) is 5.73 Å². The Bertz CT molecular complexity index is 411. The Morgan fingerprint density at radius 2 is 1.67 bits per heavy atom. The summed E-state index contributed by atoms with van der Waals surface area (Å²) in [4.78, 5) is 0. The normalized spacial score (nSPS) is 9.40. The lowest BCUT2D eigenvalue weighted by Gasteiger charge is -2.01. The number of nitrogen functional groups attached to an aromatic ring is 1. The summed E-state index contributed by atoms with van der Waals surface area (Å²) in [6, 6.07) is 13.9. The van der Waals surface area contributed by atoms with Gasteiger partial charge in [0.05, 0.1) is 0 Å². The Kier molecular flexibility index (Phi) is 3.86. The van der Waals surface area contributed by atoms with E-state index in [4.69, 9.17) is 5.73 Å². The lowest BCUT2D eigenvalue weighted by atomic mass is 10.2. The molecule has 0 radical (unpaired) electrons. The predicted molar refractivity (Wildman–Crippen MR) is 57.1 cm³/mol. The minimum atomic E-state index is 0. The fourth-order valence-corrected chi connectivity index (χ4v) is 1.51. The Hall–Kier alpha value is -1.35. The highest BCUT2D eigenvalue weighted by molar-refractivity contribution is 5.52. The van der Waals surface area contributed by atoms with Gasteiger partial charge in [0, 0.05) is 25.1 Å². The summed E-state index contributed by atoms with van der Waals surface area (Å²) in [5, 5.41) is 0. The van der Waals surface area contributed by atoms with Gasteiger partial charge in [-0.2, -0.15) is 4.57 Å². The van der Waals surface area contributed by atoms with Crippen LogP contribution in [0.4, 0.5) is 5.69 Å². The van der Waals surface area contributed by atoms with Crippen LogP contribution in [0.25, 0.3) is 5.69 Å². The van der Waals surface area contributed by atoms with Crippen molar-refractivity contribution in [3.05, 3.63) is 54.4 Å². The van der Waals surface area contributed by atoms with Crippen molar-refractivity contribution in [2.45, 2.75) is 6.92 Å². The molecule has 0 saturated heterocycles. The first kappa shape index (κ1) is 11.7. The second kappa shape index (κ2) is 4.94. The van der Waals surface area contributed by atoms with Gasteiger partial charge in [-0.3, -0.25) is 0 Å². The fraction of sp³-hybridized carbons (Fsp3) is 0.0833. The van der Waals surface area contributed by atoms with Crippen LogP contribution in [0.3, 0.4) is 0 Å². The van der Waals surface area contributed by atoms with E-state index in [2.05, 4.69) is 17.6 Å². The highest BCUT2D eigenvalue weighted by atomic mass is 79.9. The number of nitrogens with zero attached hydrogens (tertiary/aromatic N) is 1.